The standard InChI is InChI=1S/C20H20N2O4/c1-14-7-9-16(10-8-14)21-18(23)13-26-20(25)15-4-2-5-17(12-15)22-11-3-6-19(22)24/h2,4-5,7-10,12H,3,6,11,13H2,1H3,(H,21,23). The topological polar surface area (TPSA) is 75.7 Å². The second-order valence-corrected chi connectivity index (χ2v) is 6.19. The van der Waals surface area contributed by atoms with Crippen molar-refractivity contribution in [3.05, 3.63) is 59.7 Å². The van der Waals surface area contributed by atoms with Gasteiger partial charge in [0.25, 0.3) is 5.91 Å². The number of rotatable bonds is 5. The third-order valence-electron chi connectivity index (χ3n) is 4.14. The summed E-state index contributed by atoms with van der Waals surface area (Å²) >= 11 is 0. The first kappa shape index (κ1) is 17.7. The van der Waals surface area contributed by atoms with Crippen LogP contribution in [0.3, 0.4) is 0 Å². The molecule has 0 aliphatic carbocycles. The molecule has 1 aliphatic heterocycles. The number of carbonyl (C=O) groups is 3. The largest absolute Gasteiger partial charge is 0.452 e. The molecule has 1 fully saturated rings. The summed E-state index contributed by atoms with van der Waals surface area (Å²) in [6, 6.07) is 14.0. The lowest BCUT2D eigenvalue weighted by molar-refractivity contribution is -0.119. The van der Waals surface area contributed by atoms with Gasteiger partial charge < -0.3 is 15.0 Å². The normalized spacial score (nSPS) is 13.6. The maximum absolute atomic E-state index is 12.2. The first-order valence-electron chi connectivity index (χ1n) is 8.47. The highest BCUT2D eigenvalue weighted by molar-refractivity contribution is 5.98. The Kier molecular flexibility index (Phi) is 5.31. The Morgan fingerprint density at radius 3 is 2.62 bits per heavy atom. The van der Waals surface area contributed by atoms with Crippen LogP contribution in [0.1, 0.15) is 28.8 Å². The fourth-order valence-electron chi connectivity index (χ4n) is 2.77. The summed E-state index contributed by atoms with van der Waals surface area (Å²) in [6.45, 7) is 2.23. The molecule has 6 nitrogen and oxygen atoms in total. The van der Waals surface area contributed by atoms with Gasteiger partial charge in [-0.25, -0.2) is 4.79 Å². The molecule has 0 saturated carbocycles. The Bertz CT molecular complexity index is 830. The number of benzene rings is 2. The van der Waals surface area contributed by atoms with E-state index < -0.39 is 11.9 Å². The van der Waals surface area contributed by atoms with Gasteiger partial charge in [-0.3, -0.25) is 9.59 Å². The Morgan fingerprint density at radius 1 is 1.15 bits per heavy atom. The van der Waals surface area contributed by atoms with Gasteiger partial charge in [-0.05, 0) is 43.7 Å². The van der Waals surface area contributed by atoms with Crippen LogP contribution in [0.15, 0.2) is 48.5 Å². The van der Waals surface area contributed by atoms with Crippen molar-refractivity contribution in [1.82, 2.24) is 0 Å². The van der Waals surface area contributed by atoms with Crippen molar-refractivity contribution in [1.29, 1.82) is 0 Å². The van der Waals surface area contributed by atoms with E-state index in [0.29, 0.717) is 29.9 Å². The minimum Gasteiger partial charge on any atom is -0.452 e. The monoisotopic (exact) mass is 352 g/mol. The zero-order chi connectivity index (χ0) is 18.5. The van der Waals surface area contributed by atoms with E-state index in [1.165, 1.54) is 0 Å². The fourth-order valence-corrected chi connectivity index (χ4v) is 2.77. The van der Waals surface area contributed by atoms with Crippen LogP contribution in [-0.2, 0) is 14.3 Å². The molecular formula is C20H20N2O4. The molecule has 0 radical (unpaired) electrons. The van der Waals surface area contributed by atoms with E-state index in [9.17, 15) is 14.4 Å². The zero-order valence-electron chi connectivity index (χ0n) is 14.5. The van der Waals surface area contributed by atoms with Crippen molar-refractivity contribution in [3.8, 4) is 0 Å². The molecule has 134 valence electrons. The molecule has 2 aromatic carbocycles. The number of anilines is 2. The summed E-state index contributed by atoms with van der Waals surface area (Å²) < 4.78 is 5.08. The number of hydrogen-bond donors (Lipinski definition) is 1. The Labute approximate surface area is 151 Å². The second-order valence-electron chi connectivity index (χ2n) is 6.19. The number of esters is 1. The molecule has 1 aliphatic rings. The molecule has 2 amide bonds. The van der Waals surface area contributed by atoms with Crippen molar-refractivity contribution in [2.24, 2.45) is 0 Å². The average Bonchev–Trinajstić information content (AvgIpc) is 3.08. The Morgan fingerprint density at radius 2 is 1.92 bits per heavy atom. The van der Waals surface area contributed by atoms with Gasteiger partial charge in [0.1, 0.15) is 0 Å². The van der Waals surface area contributed by atoms with Crippen LogP contribution in [0.2, 0.25) is 0 Å². The van der Waals surface area contributed by atoms with E-state index in [0.717, 1.165) is 12.0 Å². The Hall–Kier alpha value is -3.15. The summed E-state index contributed by atoms with van der Waals surface area (Å²) in [5.41, 5.74) is 2.72. The van der Waals surface area contributed by atoms with Crippen molar-refractivity contribution in [2.75, 3.05) is 23.4 Å². The number of nitrogens with one attached hydrogen (secondary N) is 1. The van der Waals surface area contributed by atoms with Crippen LogP contribution < -0.4 is 10.2 Å². The quantitative estimate of drug-likeness (QED) is 0.840. The van der Waals surface area contributed by atoms with Gasteiger partial charge >= 0.3 is 5.97 Å². The van der Waals surface area contributed by atoms with Gasteiger partial charge in [0.2, 0.25) is 5.91 Å². The molecule has 1 saturated heterocycles. The molecule has 1 heterocycles. The Balaban J connectivity index is 1.57. The molecule has 2 aromatic rings. The van der Waals surface area contributed by atoms with E-state index >= 15 is 0 Å². The maximum Gasteiger partial charge on any atom is 0.338 e. The molecular weight excluding hydrogens is 332 g/mol. The van der Waals surface area contributed by atoms with Crippen LogP contribution in [0.4, 0.5) is 11.4 Å². The van der Waals surface area contributed by atoms with E-state index in [1.807, 2.05) is 19.1 Å². The molecule has 0 aromatic heterocycles. The zero-order valence-corrected chi connectivity index (χ0v) is 14.5. The van der Waals surface area contributed by atoms with Gasteiger partial charge in [-0.15, -0.1) is 0 Å². The minimum atomic E-state index is -0.599. The molecule has 0 bridgehead atoms. The molecule has 0 atom stereocenters. The summed E-state index contributed by atoms with van der Waals surface area (Å²) in [4.78, 5) is 37.6. The third kappa shape index (κ3) is 4.27. The van der Waals surface area contributed by atoms with Gasteiger partial charge in [0.05, 0.1) is 5.56 Å². The number of carbonyl (C=O) groups excluding carboxylic acids is 3. The molecule has 0 spiro atoms. The SMILES string of the molecule is Cc1ccc(NC(=O)COC(=O)c2cccc(N3CCCC3=O)c2)cc1. The van der Waals surface area contributed by atoms with Crippen LogP contribution in [-0.4, -0.2) is 30.9 Å². The van der Waals surface area contributed by atoms with E-state index in [4.69, 9.17) is 4.74 Å². The summed E-state index contributed by atoms with van der Waals surface area (Å²) in [5, 5.41) is 2.67. The van der Waals surface area contributed by atoms with Crippen LogP contribution in [0.5, 0.6) is 0 Å². The van der Waals surface area contributed by atoms with E-state index in [1.54, 1.807) is 41.3 Å². The van der Waals surface area contributed by atoms with Gasteiger partial charge in [-0.2, -0.15) is 0 Å². The van der Waals surface area contributed by atoms with Crippen LogP contribution >= 0.6 is 0 Å². The third-order valence-corrected chi connectivity index (χ3v) is 4.14. The summed E-state index contributed by atoms with van der Waals surface area (Å²) in [7, 11) is 0. The highest BCUT2D eigenvalue weighted by Crippen LogP contribution is 2.22. The highest BCUT2D eigenvalue weighted by atomic mass is 16.5. The number of aryl methyl sites for hydroxylation is 1. The number of hydrogen-bond acceptors (Lipinski definition) is 4. The predicted molar refractivity (Wildman–Crippen MR) is 98.1 cm³/mol. The van der Waals surface area contributed by atoms with Crippen LogP contribution in [0.25, 0.3) is 0 Å². The summed E-state index contributed by atoms with van der Waals surface area (Å²) in [5.74, 6) is -0.960. The molecule has 6 heteroatoms. The van der Waals surface area contributed by atoms with E-state index in [-0.39, 0.29) is 12.5 Å². The average molecular weight is 352 g/mol. The lowest BCUT2D eigenvalue weighted by Gasteiger charge is -2.16. The second kappa shape index (κ2) is 7.82. The van der Waals surface area contributed by atoms with E-state index in [2.05, 4.69) is 5.32 Å². The minimum absolute atomic E-state index is 0.0491. The fraction of sp³-hybridized carbons (Fsp3) is 0.250. The lowest BCUT2D eigenvalue weighted by atomic mass is 10.2. The van der Waals surface area contributed by atoms with Gasteiger partial charge in [0.15, 0.2) is 6.61 Å². The van der Waals surface area contributed by atoms with Crippen molar-refractivity contribution >= 4 is 29.2 Å². The van der Waals surface area contributed by atoms with Crippen molar-refractivity contribution in [2.45, 2.75) is 19.8 Å². The van der Waals surface area contributed by atoms with Crippen molar-refractivity contribution in [3.63, 3.8) is 0 Å². The first-order valence-corrected chi connectivity index (χ1v) is 8.47. The molecule has 26 heavy (non-hydrogen) atoms. The highest BCUT2D eigenvalue weighted by Gasteiger charge is 2.22. The first-order chi connectivity index (χ1) is 12.5. The lowest BCUT2D eigenvalue weighted by Crippen LogP contribution is -2.24. The molecule has 3 rings (SSSR count). The predicted octanol–water partition coefficient (Wildman–Crippen LogP) is 2.92. The van der Waals surface area contributed by atoms with Gasteiger partial charge in [-0.1, -0.05) is 23.8 Å². The maximum atomic E-state index is 12.2. The molecule has 1 N–H and O–H groups in total. The molecule has 0 unspecified atom stereocenters. The number of nitrogens with zero attached hydrogens (tertiary/aromatic N) is 1. The van der Waals surface area contributed by atoms with Crippen molar-refractivity contribution < 1.29 is 19.1 Å². The van der Waals surface area contributed by atoms with Gasteiger partial charge in [0, 0.05) is 24.3 Å². The van der Waals surface area contributed by atoms with Crippen LogP contribution in [0, 0.1) is 6.92 Å². The summed E-state index contributed by atoms with van der Waals surface area (Å²) in [6.07, 6.45) is 1.33. The number of ether oxygens (including phenoxy) is 1. The number of amides is 2. The smallest absolute Gasteiger partial charge is 0.338 e.